The van der Waals surface area contributed by atoms with Gasteiger partial charge < -0.3 is 5.32 Å². The van der Waals surface area contributed by atoms with Crippen LogP contribution in [0.1, 0.15) is 29.8 Å². The molecule has 0 atom stereocenters. The van der Waals surface area contributed by atoms with Crippen LogP contribution in [0.3, 0.4) is 0 Å². The minimum absolute atomic E-state index is 0.221. The lowest BCUT2D eigenvalue weighted by atomic mass is 10.1. The van der Waals surface area contributed by atoms with Crippen LogP contribution in [0.25, 0.3) is 5.69 Å². The maximum absolute atomic E-state index is 14.2. The largest absolute Gasteiger partial charge is 0.310 e. The molecule has 19 heavy (non-hydrogen) atoms. The van der Waals surface area contributed by atoms with Gasteiger partial charge in [-0.25, -0.2) is 9.07 Å². The predicted octanol–water partition coefficient (Wildman–Crippen LogP) is 2.88. The quantitative estimate of drug-likeness (QED) is 0.915. The second-order valence-electron chi connectivity index (χ2n) is 5.24. The highest BCUT2D eigenvalue weighted by Crippen LogP contribution is 2.23. The van der Waals surface area contributed by atoms with E-state index in [4.69, 9.17) is 0 Å². The number of hydrogen-bond acceptors (Lipinski definition) is 2. The van der Waals surface area contributed by atoms with E-state index in [9.17, 15) is 4.39 Å². The van der Waals surface area contributed by atoms with Gasteiger partial charge in [0.15, 0.2) is 0 Å². The van der Waals surface area contributed by atoms with Crippen LogP contribution in [-0.4, -0.2) is 15.8 Å². The number of halogens is 1. The molecule has 1 N–H and O–H groups in total. The van der Waals surface area contributed by atoms with Crippen molar-refractivity contribution < 1.29 is 4.39 Å². The number of nitrogens with zero attached hydrogens (tertiary/aromatic N) is 2. The molecule has 0 bridgehead atoms. The molecule has 0 amide bonds. The fourth-order valence-corrected chi connectivity index (χ4v) is 2.34. The van der Waals surface area contributed by atoms with Crippen molar-refractivity contribution in [3.63, 3.8) is 0 Å². The molecule has 100 valence electrons. The summed E-state index contributed by atoms with van der Waals surface area (Å²) in [7, 11) is 0. The second-order valence-corrected chi connectivity index (χ2v) is 5.24. The summed E-state index contributed by atoms with van der Waals surface area (Å²) in [6.07, 6.45) is 2.45. The molecule has 0 radical (unpaired) electrons. The Bertz CT molecular complexity index is 599. The molecule has 1 aromatic heterocycles. The first kappa shape index (κ1) is 12.4. The van der Waals surface area contributed by atoms with E-state index in [1.807, 2.05) is 26.0 Å². The van der Waals surface area contributed by atoms with E-state index < -0.39 is 0 Å². The molecule has 0 unspecified atom stereocenters. The van der Waals surface area contributed by atoms with Crippen molar-refractivity contribution in [3.05, 3.63) is 47.0 Å². The standard InChI is InChI=1S/C15H18FN3/c1-10-8-11(2)19(18-10)15-12(4-3-5-14(15)16)9-17-13-6-7-13/h3-5,8,13,17H,6-7,9H2,1-2H3. The second kappa shape index (κ2) is 4.78. The van der Waals surface area contributed by atoms with E-state index in [2.05, 4.69) is 10.4 Å². The lowest BCUT2D eigenvalue weighted by molar-refractivity contribution is 0.597. The van der Waals surface area contributed by atoms with E-state index in [0.29, 0.717) is 18.3 Å². The summed E-state index contributed by atoms with van der Waals surface area (Å²) in [5.41, 5.74) is 3.39. The maximum atomic E-state index is 14.2. The molecule has 1 saturated carbocycles. The normalized spacial score (nSPS) is 14.9. The fourth-order valence-electron chi connectivity index (χ4n) is 2.34. The van der Waals surface area contributed by atoms with Crippen LogP contribution < -0.4 is 5.32 Å². The third-order valence-corrected chi connectivity index (χ3v) is 3.45. The van der Waals surface area contributed by atoms with Crippen LogP contribution >= 0.6 is 0 Å². The van der Waals surface area contributed by atoms with Gasteiger partial charge in [0.2, 0.25) is 0 Å². The Balaban J connectivity index is 1.99. The summed E-state index contributed by atoms with van der Waals surface area (Å²) in [4.78, 5) is 0. The van der Waals surface area contributed by atoms with E-state index in [1.54, 1.807) is 10.7 Å². The molecule has 1 aliphatic rings. The van der Waals surface area contributed by atoms with Crippen LogP contribution in [0.15, 0.2) is 24.3 Å². The summed E-state index contributed by atoms with van der Waals surface area (Å²) in [6.45, 7) is 4.56. The Kier molecular flexibility index (Phi) is 3.11. The van der Waals surface area contributed by atoms with Gasteiger partial charge in [0.25, 0.3) is 0 Å². The monoisotopic (exact) mass is 259 g/mol. The van der Waals surface area contributed by atoms with Crippen molar-refractivity contribution >= 4 is 0 Å². The summed E-state index contributed by atoms with van der Waals surface area (Å²) < 4.78 is 15.9. The van der Waals surface area contributed by atoms with Crippen LogP contribution in [0.4, 0.5) is 4.39 Å². The smallest absolute Gasteiger partial charge is 0.149 e. The predicted molar refractivity (Wildman–Crippen MR) is 72.9 cm³/mol. The first-order valence-corrected chi connectivity index (χ1v) is 6.69. The van der Waals surface area contributed by atoms with Crippen LogP contribution in [-0.2, 0) is 6.54 Å². The molecular formula is C15H18FN3. The zero-order valence-electron chi connectivity index (χ0n) is 11.3. The van der Waals surface area contributed by atoms with E-state index in [1.165, 1.54) is 18.9 Å². The lowest BCUT2D eigenvalue weighted by Gasteiger charge is -2.13. The van der Waals surface area contributed by atoms with Crippen molar-refractivity contribution in [2.45, 2.75) is 39.3 Å². The topological polar surface area (TPSA) is 29.9 Å². The van der Waals surface area contributed by atoms with Gasteiger partial charge in [0.1, 0.15) is 11.5 Å². The number of rotatable bonds is 4. The fraction of sp³-hybridized carbons (Fsp3) is 0.400. The molecule has 2 aromatic rings. The highest BCUT2D eigenvalue weighted by molar-refractivity contribution is 5.43. The molecule has 1 fully saturated rings. The van der Waals surface area contributed by atoms with Crippen LogP contribution in [0.2, 0.25) is 0 Å². The molecule has 4 heteroatoms. The zero-order valence-corrected chi connectivity index (χ0v) is 11.3. The van der Waals surface area contributed by atoms with Crippen molar-refractivity contribution in [2.24, 2.45) is 0 Å². The van der Waals surface area contributed by atoms with E-state index >= 15 is 0 Å². The summed E-state index contributed by atoms with van der Waals surface area (Å²) in [5, 5.41) is 7.82. The number of hydrogen-bond donors (Lipinski definition) is 1. The Morgan fingerprint density at radius 2 is 2.16 bits per heavy atom. The number of benzene rings is 1. The van der Waals surface area contributed by atoms with Gasteiger partial charge in [-0.05, 0) is 44.4 Å². The summed E-state index contributed by atoms with van der Waals surface area (Å²) in [5.74, 6) is -0.221. The summed E-state index contributed by atoms with van der Waals surface area (Å²) in [6, 6.07) is 7.78. The van der Waals surface area contributed by atoms with Gasteiger partial charge in [0.05, 0.1) is 5.69 Å². The minimum atomic E-state index is -0.221. The molecular weight excluding hydrogens is 241 g/mol. The molecule has 1 aliphatic carbocycles. The average Bonchev–Trinajstić information content (AvgIpc) is 3.12. The van der Waals surface area contributed by atoms with Crippen molar-refractivity contribution in [1.82, 2.24) is 15.1 Å². The van der Waals surface area contributed by atoms with Gasteiger partial charge in [-0.15, -0.1) is 0 Å². The third kappa shape index (κ3) is 2.54. The summed E-state index contributed by atoms with van der Waals surface area (Å²) >= 11 is 0. The maximum Gasteiger partial charge on any atom is 0.149 e. The average molecular weight is 259 g/mol. The third-order valence-electron chi connectivity index (χ3n) is 3.45. The molecule has 1 aromatic carbocycles. The van der Waals surface area contributed by atoms with E-state index in [-0.39, 0.29) is 5.82 Å². The Morgan fingerprint density at radius 1 is 1.37 bits per heavy atom. The zero-order chi connectivity index (χ0) is 13.4. The van der Waals surface area contributed by atoms with Crippen molar-refractivity contribution in [1.29, 1.82) is 0 Å². The van der Waals surface area contributed by atoms with E-state index in [0.717, 1.165) is 17.0 Å². The Morgan fingerprint density at radius 3 is 2.79 bits per heavy atom. The molecule has 0 spiro atoms. The van der Waals surface area contributed by atoms with Gasteiger partial charge in [-0.2, -0.15) is 5.10 Å². The number of para-hydroxylation sites is 1. The van der Waals surface area contributed by atoms with Crippen LogP contribution in [0.5, 0.6) is 0 Å². The Hall–Kier alpha value is -1.68. The number of aryl methyl sites for hydroxylation is 2. The SMILES string of the molecule is Cc1cc(C)n(-c2c(F)cccc2CNC2CC2)n1. The van der Waals surface area contributed by atoms with Gasteiger partial charge >= 0.3 is 0 Å². The number of aromatic nitrogens is 2. The first-order chi connectivity index (χ1) is 9.15. The lowest BCUT2D eigenvalue weighted by Crippen LogP contribution is -2.18. The molecule has 0 aliphatic heterocycles. The minimum Gasteiger partial charge on any atom is -0.310 e. The highest BCUT2D eigenvalue weighted by atomic mass is 19.1. The molecule has 3 nitrogen and oxygen atoms in total. The van der Waals surface area contributed by atoms with Crippen molar-refractivity contribution in [3.8, 4) is 5.69 Å². The van der Waals surface area contributed by atoms with Gasteiger partial charge in [-0.1, -0.05) is 12.1 Å². The van der Waals surface area contributed by atoms with Crippen molar-refractivity contribution in [2.75, 3.05) is 0 Å². The highest BCUT2D eigenvalue weighted by Gasteiger charge is 2.21. The molecule has 3 rings (SSSR count). The van der Waals surface area contributed by atoms with Crippen LogP contribution in [0, 0.1) is 19.7 Å². The first-order valence-electron chi connectivity index (χ1n) is 6.69. The molecule has 0 saturated heterocycles. The molecule has 1 heterocycles. The Labute approximate surface area is 112 Å². The van der Waals surface area contributed by atoms with Gasteiger partial charge in [-0.3, -0.25) is 0 Å². The van der Waals surface area contributed by atoms with Gasteiger partial charge in [0, 0.05) is 18.3 Å². The number of nitrogens with one attached hydrogen (secondary N) is 1.